The van der Waals surface area contributed by atoms with E-state index in [1.807, 2.05) is 28.7 Å². The van der Waals surface area contributed by atoms with Gasteiger partial charge in [0, 0.05) is 13.6 Å². The molecule has 0 spiro atoms. The Hall–Kier alpha value is -1.65. The summed E-state index contributed by atoms with van der Waals surface area (Å²) in [4.78, 5) is 4.11. The number of hydrogen-bond acceptors (Lipinski definition) is 3. The van der Waals surface area contributed by atoms with Crippen LogP contribution in [0.5, 0.6) is 0 Å². The minimum absolute atomic E-state index is 0.898. The molecule has 2 aromatic rings. The Morgan fingerprint density at radius 3 is 2.38 bits per heavy atom. The molecule has 2 aromatic heterocycles. The molecule has 0 radical (unpaired) electrons. The van der Waals surface area contributed by atoms with Crippen molar-refractivity contribution in [2.45, 2.75) is 64.8 Å². The molecule has 0 amide bonds. The van der Waals surface area contributed by atoms with Crippen LogP contribution in [-0.4, -0.2) is 24.5 Å². The summed E-state index contributed by atoms with van der Waals surface area (Å²) in [5.74, 6) is 0. The number of aryl methyl sites for hydroxylation is 2. The van der Waals surface area contributed by atoms with Crippen molar-refractivity contribution in [3.63, 3.8) is 0 Å². The first kappa shape index (κ1) is 15.7. The highest BCUT2D eigenvalue weighted by atomic mass is 15.4. The predicted molar refractivity (Wildman–Crippen MR) is 84.8 cm³/mol. The molecule has 2 rings (SSSR count). The number of unbranched alkanes of at least 4 members (excludes halogenated alkanes) is 7. The molecular weight excluding hydrogens is 262 g/mol. The quantitative estimate of drug-likeness (QED) is 0.625. The zero-order valence-electron chi connectivity index (χ0n) is 13.3. The maximum atomic E-state index is 4.22. The molecule has 0 N–H and O–H groups in total. The van der Waals surface area contributed by atoms with Crippen LogP contribution in [0.2, 0.25) is 0 Å². The van der Waals surface area contributed by atoms with Crippen molar-refractivity contribution in [1.29, 1.82) is 0 Å². The van der Waals surface area contributed by atoms with E-state index in [1.54, 1.807) is 6.33 Å². The lowest BCUT2D eigenvalue weighted by atomic mass is 10.1. The van der Waals surface area contributed by atoms with Gasteiger partial charge < -0.3 is 4.57 Å². The van der Waals surface area contributed by atoms with Crippen LogP contribution in [0.1, 0.15) is 58.3 Å². The lowest BCUT2D eigenvalue weighted by Crippen LogP contribution is -1.98. The largest absolute Gasteiger partial charge is 0.332 e. The first-order chi connectivity index (χ1) is 10.3. The molecule has 2 heterocycles. The van der Waals surface area contributed by atoms with Gasteiger partial charge in [0.1, 0.15) is 5.69 Å². The summed E-state index contributed by atoms with van der Waals surface area (Å²) in [6, 6.07) is 0. The molecule has 0 aliphatic rings. The number of hydrogen-bond donors (Lipinski definition) is 0. The average molecular weight is 289 g/mol. The summed E-state index contributed by atoms with van der Waals surface area (Å²) in [6.07, 6.45) is 16.3. The molecule has 116 valence electrons. The van der Waals surface area contributed by atoms with Gasteiger partial charge in [0.25, 0.3) is 0 Å². The van der Waals surface area contributed by atoms with Gasteiger partial charge in [0.15, 0.2) is 0 Å². The number of aromatic nitrogens is 5. The van der Waals surface area contributed by atoms with Crippen LogP contribution in [0.4, 0.5) is 0 Å². The van der Waals surface area contributed by atoms with E-state index in [9.17, 15) is 0 Å². The summed E-state index contributed by atoms with van der Waals surface area (Å²) in [6.45, 7) is 3.22. The summed E-state index contributed by atoms with van der Waals surface area (Å²) < 4.78 is 3.91. The molecule has 0 unspecified atom stereocenters. The third kappa shape index (κ3) is 4.99. The smallest absolute Gasteiger partial charge is 0.131 e. The second-order valence-electron chi connectivity index (χ2n) is 5.73. The number of rotatable bonds is 10. The average Bonchev–Trinajstić information content (AvgIpc) is 3.10. The molecule has 0 saturated heterocycles. The lowest BCUT2D eigenvalue weighted by molar-refractivity contribution is 0.511. The van der Waals surface area contributed by atoms with Gasteiger partial charge in [-0.3, -0.25) is 4.68 Å². The Morgan fingerprint density at radius 2 is 1.71 bits per heavy atom. The summed E-state index contributed by atoms with van der Waals surface area (Å²) >= 11 is 0. The molecule has 0 atom stereocenters. The highest BCUT2D eigenvalue weighted by molar-refractivity contribution is 5.51. The summed E-state index contributed by atoms with van der Waals surface area (Å²) in [5.41, 5.74) is 1.91. The summed E-state index contributed by atoms with van der Waals surface area (Å²) in [7, 11) is 1.97. The van der Waals surface area contributed by atoms with Crippen LogP contribution >= 0.6 is 0 Å². The van der Waals surface area contributed by atoms with Gasteiger partial charge in [-0.25, -0.2) is 4.98 Å². The van der Waals surface area contributed by atoms with Gasteiger partial charge in [-0.2, -0.15) is 0 Å². The predicted octanol–water partition coefficient (Wildman–Crippen LogP) is 3.82. The molecule has 21 heavy (non-hydrogen) atoms. The first-order valence-corrected chi connectivity index (χ1v) is 8.18. The van der Waals surface area contributed by atoms with Gasteiger partial charge >= 0.3 is 0 Å². The van der Waals surface area contributed by atoms with Crippen molar-refractivity contribution in [2.75, 3.05) is 0 Å². The second-order valence-corrected chi connectivity index (χ2v) is 5.73. The molecule has 0 aromatic carbocycles. The molecule has 0 saturated carbocycles. The zero-order valence-corrected chi connectivity index (χ0v) is 13.3. The first-order valence-electron chi connectivity index (χ1n) is 8.18. The standard InChI is InChI=1S/C16H27N5/c1-3-4-5-6-7-8-9-10-11-21-13-15(18-19-21)16-12-17-14-20(16)2/h12-14H,3-11H2,1-2H3. The zero-order chi connectivity index (χ0) is 14.9. The highest BCUT2D eigenvalue weighted by Gasteiger charge is 2.07. The van der Waals surface area contributed by atoms with Gasteiger partial charge in [-0.1, -0.05) is 57.1 Å². The van der Waals surface area contributed by atoms with Crippen molar-refractivity contribution in [1.82, 2.24) is 24.5 Å². The van der Waals surface area contributed by atoms with Gasteiger partial charge in [0.2, 0.25) is 0 Å². The van der Waals surface area contributed by atoms with Crippen molar-refractivity contribution < 1.29 is 0 Å². The van der Waals surface area contributed by atoms with Crippen molar-refractivity contribution >= 4 is 0 Å². The third-order valence-corrected chi connectivity index (χ3v) is 3.86. The van der Waals surface area contributed by atoms with E-state index >= 15 is 0 Å². The van der Waals surface area contributed by atoms with E-state index < -0.39 is 0 Å². The van der Waals surface area contributed by atoms with Crippen molar-refractivity contribution in [3.05, 3.63) is 18.7 Å². The van der Waals surface area contributed by atoms with Gasteiger partial charge in [-0.15, -0.1) is 5.10 Å². The fourth-order valence-electron chi connectivity index (χ4n) is 2.54. The molecule has 0 bridgehead atoms. The van der Waals surface area contributed by atoms with Crippen LogP contribution in [0.3, 0.4) is 0 Å². The van der Waals surface area contributed by atoms with Crippen LogP contribution in [0.15, 0.2) is 18.7 Å². The van der Waals surface area contributed by atoms with Gasteiger partial charge in [-0.05, 0) is 6.42 Å². The third-order valence-electron chi connectivity index (χ3n) is 3.86. The Kier molecular flexibility index (Phi) is 6.44. The summed E-state index contributed by atoms with van der Waals surface area (Å²) in [5, 5.41) is 8.42. The van der Waals surface area contributed by atoms with Crippen LogP contribution in [0.25, 0.3) is 11.4 Å². The molecule has 0 aliphatic carbocycles. The Bertz CT molecular complexity index is 514. The maximum absolute atomic E-state index is 4.22. The minimum atomic E-state index is 0.898. The Labute approximate surface area is 127 Å². The second kappa shape index (κ2) is 8.60. The normalized spacial score (nSPS) is 11.1. The molecule has 5 heteroatoms. The molecule has 0 aliphatic heterocycles. The molecule has 0 fully saturated rings. The number of nitrogens with zero attached hydrogens (tertiary/aromatic N) is 5. The van der Waals surface area contributed by atoms with Crippen LogP contribution in [0, 0.1) is 0 Å². The lowest BCUT2D eigenvalue weighted by Gasteiger charge is -2.01. The topological polar surface area (TPSA) is 48.5 Å². The SMILES string of the molecule is CCCCCCCCCCn1cc(-c2cncn2C)nn1. The van der Waals surface area contributed by atoms with Crippen LogP contribution < -0.4 is 0 Å². The van der Waals surface area contributed by atoms with E-state index in [1.165, 1.54) is 51.4 Å². The van der Waals surface area contributed by atoms with E-state index in [0.29, 0.717) is 0 Å². The van der Waals surface area contributed by atoms with Crippen molar-refractivity contribution in [3.8, 4) is 11.4 Å². The maximum Gasteiger partial charge on any atom is 0.131 e. The molecular formula is C16H27N5. The van der Waals surface area contributed by atoms with E-state index in [-0.39, 0.29) is 0 Å². The highest BCUT2D eigenvalue weighted by Crippen LogP contribution is 2.14. The van der Waals surface area contributed by atoms with Crippen molar-refractivity contribution in [2.24, 2.45) is 7.05 Å². The van der Waals surface area contributed by atoms with Crippen LogP contribution in [-0.2, 0) is 13.6 Å². The fourth-order valence-corrected chi connectivity index (χ4v) is 2.54. The fraction of sp³-hybridized carbons (Fsp3) is 0.688. The van der Waals surface area contributed by atoms with E-state index in [2.05, 4.69) is 22.2 Å². The minimum Gasteiger partial charge on any atom is -0.332 e. The number of imidazole rings is 1. The van der Waals surface area contributed by atoms with Gasteiger partial charge in [0.05, 0.1) is 24.4 Å². The molecule has 5 nitrogen and oxygen atoms in total. The monoisotopic (exact) mass is 289 g/mol. The Balaban J connectivity index is 1.64. The van der Waals surface area contributed by atoms with E-state index in [4.69, 9.17) is 0 Å². The van der Waals surface area contributed by atoms with E-state index in [0.717, 1.165) is 17.9 Å². The Morgan fingerprint density at radius 1 is 1.00 bits per heavy atom.